The predicted octanol–water partition coefficient (Wildman–Crippen LogP) is 2.77. The Morgan fingerprint density at radius 1 is 1.29 bits per heavy atom. The maximum absolute atomic E-state index is 10.3. The predicted molar refractivity (Wildman–Crippen MR) is 57.3 cm³/mol. The summed E-state index contributed by atoms with van der Waals surface area (Å²) in [7, 11) is 0. The molecule has 1 atom stereocenters. The normalized spacial score (nSPS) is 20.1. The molecule has 0 aromatic heterocycles. The molecule has 1 aliphatic rings. The molecule has 0 spiro atoms. The van der Waals surface area contributed by atoms with Crippen molar-refractivity contribution in [1.82, 2.24) is 0 Å². The Morgan fingerprint density at radius 2 is 2.07 bits per heavy atom. The van der Waals surface area contributed by atoms with Gasteiger partial charge in [0.05, 0.1) is 0 Å². The fourth-order valence-electron chi connectivity index (χ4n) is 2.32. The van der Waals surface area contributed by atoms with Crippen molar-refractivity contribution < 1.29 is 4.79 Å². The van der Waals surface area contributed by atoms with Crippen LogP contribution in [0.4, 0.5) is 0 Å². The Hall–Kier alpha value is -1.11. The number of carbonyl (C=O) groups is 1. The third kappa shape index (κ3) is 2.03. The molecule has 1 aromatic carbocycles. The summed E-state index contributed by atoms with van der Waals surface area (Å²) in [5.74, 6) is 0.732. The average molecular weight is 188 g/mol. The fourth-order valence-corrected chi connectivity index (χ4v) is 2.32. The van der Waals surface area contributed by atoms with Crippen molar-refractivity contribution in [3.05, 3.63) is 35.4 Å². The minimum Gasteiger partial charge on any atom is -0.303 e. The summed E-state index contributed by atoms with van der Waals surface area (Å²) in [6.45, 7) is 0. The fraction of sp³-hybridized carbons (Fsp3) is 0.462. The maximum atomic E-state index is 10.3. The van der Waals surface area contributed by atoms with Crippen LogP contribution < -0.4 is 0 Å². The van der Waals surface area contributed by atoms with Crippen LogP contribution in [0.2, 0.25) is 0 Å². The Kier molecular flexibility index (Phi) is 2.97. The van der Waals surface area contributed by atoms with Crippen molar-refractivity contribution in [2.45, 2.75) is 32.1 Å². The van der Waals surface area contributed by atoms with E-state index in [1.807, 2.05) is 0 Å². The van der Waals surface area contributed by atoms with Crippen molar-refractivity contribution in [3.8, 4) is 0 Å². The zero-order valence-corrected chi connectivity index (χ0v) is 8.41. The Balaban J connectivity index is 2.02. The molecule has 0 amide bonds. The first kappa shape index (κ1) is 9.45. The molecule has 0 N–H and O–H groups in total. The van der Waals surface area contributed by atoms with E-state index in [1.54, 1.807) is 0 Å². The van der Waals surface area contributed by atoms with Gasteiger partial charge in [-0.05, 0) is 42.7 Å². The van der Waals surface area contributed by atoms with E-state index in [0.717, 1.165) is 25.0 Å². The van der Waals surface area contributed by atoms with Gasteiger partial charge in [0.1, 0.15) is 6.29 Å². The zero-order valence-electron chi connectivity index (χ0n) is 8.41. The Bertz CT molecular complexity index is 317. The van der Waals surface area contributed by atoms with Crippen LogP contribution in [0, 0.1) is 5.92 Å². The van der Waals surface area contributed by atoms with Crippen LogP contribution in [0.25, 0.3) is 0 Å². The quantitative estimate of drug-likeness (QED) is 0.667. The highest BCUT2D eigenvalue weighted by Gasteiger charge is 2.17. The van der Waals surface area contributed by atoms with Gasteiger partial charge >= 0.3 is 0 Å². The summed E-state index contributed by atoms with van der Waals surface area (Å²) in [4.78, 5) is 10.3. The van der Waals surface area contributed by atoms with Crippen molar-refractivity contribution in [2.75, 3.05) is 0 Å². The first-order valence-electron chi connectivity index (χ1n) is 5.40. The van der Waals surface area contributed by atoms with E-state index in [-0.39, 0.29) is 0 Å². The van der Waals surface area contributed by atoms with Crippen LogP contribution in [0.1, 0.15) is 30.4 Å². The van der Waals surface area contributed by atoms with E-state index in [4.69, 9.17) is 0 Å². The smallest absolute Gasteiger partial charge is 0.120 e. The van der Waals surface area contributed by atoms with Gasteiger partial charge < -0.3 is 4.79 Å². The molecule has 1 aromatic rings. The van der Waals surface area contributed by atoms with Gasteiger partial charge in [-0.1, -0.05) is 24.3 Å². The molecule has 0 heterocycles. The highest BCUT2D eigenvalue weighted by atomic mass is 16.1. The molecule has 1 aliphatic carbocycles. The summed E-state index contributed by atoms with van der Waals surface area (Å²) >= 11 is 0. The molecule has 74 valence electrons. The van der Waals surface area contributed by atoms with Gasteiger partial charge in [0.2, 0.25) is 0 Å². The van der Waals surface area contributed by atoms with Crippen LogP contribution in [0.3, 0.4) is 0 Å². The lowest BCUT2D eigenvalue weighted by Gasteiger charge is -2.23. The highest BCUT2D eigenvalue weighted by molar-refractivity contribution is 5.49. The van der Waals surface area contributed by atoms with Gasteiger partial charge in [-0.15, -0.1) is 0 Å². The molecular weight excluding hydrogens is 172 g/mol. The van der Waals surface area contributed by atoms with Gasteiger partial charge in [-0.2, -0.15) is 0 Å². The molecular formula is C13H16O. The number of aryl methyl sites for hydroxylation is 1. The lowest BCUT2D eigenvalue weighted by molar-refractivity contribution is -0.108. The Labute approximate surface area is 85.1 Å². The summed E-state index contributed by atoms with van der Waals surface area (Å²) in [5.41, 5.74) is 3.00. The molecule has 0 aliphatic heterocycles. The summed E-state index contributed by atoms with van der Waals surface area (Å²) < 4.78 is 0. The third-order valence-corrected chi connectivity index (χ3v) is 3.14. The van der Waals surface area contributed by atoms with E-state index >= 15 is 0 Å². The molecule has 0 radical (unpaired) electrons. The number of hydrogen-bond donors (Lipinski definition) is 0. The molecule has 0 saturated carbocycles. The van der Waals surface area contributed by atoms with E-state index in [9.17, 15) is 4.79 Å². The van der Waals surface area contributed by atoms with E-state index in [0.29, 0.717) is 0 Å². The number of benzene rings is 1. The minimum atomic E-state index is 0.729. The van der Waals surface area contributed by atoms with E-state index in [1.165, 1.54) is 30.4 Å². The monoisotopic (exact) mass is 188 g/mol. The SMILES string of the molecule is O=CCCC1CCc2ccccc2C1. The van der Waals surface area contributed by atoms with Crippen LogP contribution in [0.15, 0.2) is 24.3 Å². The second kappa shape index (κ2) is 4.41. The first-order chi connectivity index (χ1) is 6.90. The molecule has 1 unspecified atom stereocenters. The molecule has 0 fully saturated rings. The summed E-state index contributed by atoms with van der Waals surface area (Å²) in [5, 5.41) is 0. The summed E-state index contributed by atoms with van der Waals surface area (Å²) in [6, 6.07) is 8.68. The van der Waals surface area contributed by atoms with Crippen molar-refractivity contribution in [3.63, 3.8) is 0 Å². The second-order valence-electron chi connectivity index (χ2n) is 4.12. The van der Waals surface area contributed by atoms with Gasteiger partial charge in [0.25, 0.3) is 0 Å². The Morgan fingerprint density at radius 3 is 2.86 bits per heavy atom. The number of fused-ring (bicyclic) bond motifs is 1. The topological polar surface area (TPSA) is 17.1 Å². The molecule has 2 rings (SSSR count). The summed E-state index contributed by atoms with van der Waals surface area (Å²) in [6.07, 6.45) is 6.46. The van der Waals surface area contributed by atoms with Gasteiger partial charge in [0, 0.05) is 6.42 Å². The number of rotatable bonds is 3. The molecule has 0 saturated heterocycles. The van der Waals surface area contributed by atoms with Crippen molar-refractivity contribution in [1.29, 1.82) is 0 Å². The lowest BCUT2D eigenvalue weighted by Crippen LogP contribution is -2.14. The molecule has 1 heteroatoms. The number of hydrogen-bond acceptors (Lipinski definition) is 1. The van der Waals surface area contributed by atoms with Crippen molar-refractivity contribution in [2.24, 2.45) is 5.92 Å². The largest absolute Gasteiger partial charge is 0.303 e. The van der Waals surface area contributed by atoms with Crippen LogP contribution in [0.5, 0.6) is 0 Å². The maximum Gasteiger partial charge on any atom is 0.120 e. The minimum absolute atomic E-state index is 0.729. The van der Waals surface area contributed by atoms with Gasteiger partial charge in [-0.25, -0.2) is 0 Å². The van der Waals surface area contributed by atoms with E-state index < -0.39 is 0 Å². The van der Waals surface area contributed by atoms with Crippen LogP contribution >= 0.6 is 0 Å². The molecule has 14 heavy (non-hydrogen) atoms. The lowest BCUT2D eigenvalue weighted by atomic mass is 9.82. The molecule has 0 bridgehead atoms. The van der Waals surface area contributed by atoms with Gasteiger partial charge in [-0.3, -0.25) is 0 Å². The first-order valence-corrected chi connectivity index (χ1v) is 5.40. The number of carbonyl (C=O) groups excluding carboxylic acids is 1. The van der Waals surface area contributed by atoms with Crippen LogP contribution in [-0.2, 0) is 17.6 Å². The van der Waals surface area contributed by atoms with Crippen LogP contribution in [-0.4, -0.2) is 6.29 Å². The number of aldehydes is 1. The zero-order chi connectivity index (χ0) is 9.80. The van der Waals surface area contributed by atoms with Gasteiger partial charge in [0.15, 0.2) is 0 Å². The molecule has 1 nitrogen and oxygen atoms in total. The van der Waals surface area contributed by atoms with Crippen molar-refractivity contribution >= 4 is 6.29 Å². The second-order valence-corrected chi connectivity index (χ2v) is 4.12. The third-order valence-electron chi connectivity index (χ3n) is 3.14. The van der Waals surface area contributed by atoms with E-state index in [2.05, 4.69) is 24.3 Å². The highest BCUT2D eigenvalue weighted by Crippen LogP contribution is 2.27. The standard InChI is InChI=1S/C13H16O/c14-9-3-4-11-7-8-12-5-1-2-6-13(12)10-11/h1-2,5-6,9,11H,3-4,7-8,10H2. The average Bonchev–Trinajstić information content (AvgIpc) is 2.26.